The SMILES string of the molecule is COc1ccc(CCNC(=O)N2CCN(c3ncccn3)CC2)cc1. The minimum atomic E-state index is -0.0119. The van der Waals surface area contributed by atoms with Crippen LogP contribution >= 0.6 is 0 Å². The van der Waals surface area contributed by atoms with Crippen LogP contribution in [-0.2, 0) is 6.42 Å². The normalized spacial score (nSPS) is 14.3. The molecule has 132 valence electrons. The monoisotopic (exact) mass is 341 g/mol. The zero-order chi connectivity index (χ0) is 17.5. The lowest BCUT2D eigenvalue weighted by Crippen LogP contribution is -2.52. The average molecular weight is 341 g/mol. The molecule has 1 aromatic carbocycles. The number of nitrogens with zero attached hydrogens (tertiary/aromatic N) is 4. The summed E-state index contributed by atoms with van der Waals surface area (Å²) in [6.07, 6.45) is 4.27. The molecule has 7 heteroatoms. The molecule has 0 spiro atoms. The van der Waals surface area contributed by atoms with Gasteiger partial charge in [0.25, 0.3) is 0 Å². The van der Waals surface area contributed by atoms with Gasteiger partial charge in [-0.3, -0.25) is 0 Å². The largest absolute Gasteiger partial charge is 0.497 e. The molecule has 0 radical (unpaired) electrons. The first-order valence-electron chi connectivity index (χ1n) is 8.44. The molecule has 1 aliphatic heterocycles. The number of piperazine rings is 1. The summed E-state index contributed by atoms with van der Waals surface area (Å²) >= 11 is 0. The Labute approximate surface area is 147 Å². The smallest absolute Gasteiger partial charge is 0.317 e. The van der Waals surface area contributed by atoms with E-state index < -0.39 is 0 Å². The molecule has 0 aliphatic carbocycles. The minimum Gasteiger partial charge on any atom is -0.497 e. The van der Waals surface area contributed by atoms with Crippen LogP contribution in [0.5, 0.6) is 5.75 Å². The highest BCUT2D eigenvalue weighted by atomic mass is 16.5. The number of methoxy groups -OCH3 is 1. The fourth-order valence-electron chi connectivity index (χ4n) is 2.78. The molecule has 2 heterocycles. The maximum absolute atomic E-state index is 12.3. The molecule has 3 rings (SSSR count). The molecule has 2 amide bonds. The van der Waals surface area contributed by atoms with Gasteiger partial charge < -0.3 is 19.9 Å². The Morgan fingerprint density at radius 2 is 1.80 bits per heavy atom. The number of hydrogen-bond acceptors (Lipinski definition) is 5. The fourth-order valence-corrected chi connectivity index (χ4v) is 2.78. The Morgan fingerprint density at radius 1 is 1.12 bits per heavy atom. The van der Waals surface area contributed by atoms with Gasteiger partial charge in [0.15, 0.2) is 0 Å². The molecule has 0 atom stereocenters. The first kappa shape index (κ1) is 17.0. The van der Waals surface area contributed by atoms with Crippen LogP contribution in [0.15, 0.2) is 42.7 Å². The molecule has 7 nitrogen and oxygen atoms in total. The summed E-state index contributed by atoms with van der Waals surface area (Å²) in [5, 5.41) is 2.99. The van der Waals surface area contributed by atoms with Crippen molar-refractivity contribution >= 4 is 12.0 Å². The number of rotatable bonds is 5. The van der Waals surface area contributed by atoms with Gasteiger partial charge in [0.2, 0.25) is 5.95 Å². The number of benzene rings is 1. The van der Waals surface area contributed by atoms with Gasteiger partial charge in [-0.1, -0.05) is 12.1 Å². The van der Waals surface area contributed by atoms with Crippen molar-refractivity contribution in [3.63, 3.8) is 0 Å². The Kier molecular flexibility index (Phi) is 5.66. The lowest BCUT2D eigenvalue weighted by Gasteiger charge is -2.34. The van der Waals surface area contributed by atoms with Crippen LogP contribution in [0.25, 0.3) is 0 Å². The Hall–Kier alpha value is -2.83. The van der Waals surface area contributed by atoms with Gasteiger partial charge >= 0.3 is 6.03 Å². The van der Waals surface area contributed by atoms with Gasteiger partial charge in [0.1, 0.15) is 5.75 Å². The van der Waals surface area contributed by atoms with Gasteiger partial charge in [-0.15, -0.1) is 0 Å². The highest BCUT2D eigenvalue weighted by Crippen LogP contribution is 2.12. The van der Waals surface area contributed by atoms with Crippen molar-refractivity contribution in [2.24, 2.45) is 0 Å². The molecule has 1 aliphatic rings. The van der Waals surface area contributed by atoms with Crippen molar-refractivity contribution in [2.45, 2.75) is 6.42 Å². The molecule has 0 saturated carbocycles. The van der Waals surface area contributed by atoms with E-state index in [-0.39, 0.29) is 6.03 Å². The van der Waals surface area contributed by atoms with Crippen molar-refractivity contribution in [1.29, 1.82) is 0 Å². The van der Waals surface area contributed by atoms with E-state index in [1.165, 1.54) is 5.56 Å². The van der Waals surface area contributed by atoms with E-state index in [2.05, 4.69) is 20.2 Å². The van der Waals surface area contributed by atoms with Crippen LogP contribution < -0.4 is 15.0 Å². The summed E-state index contributed by atoms with van der Waals surface area (Å²) in [4.78, 5) is 24.7. The molecule has 0 bridgehead atoms. The second-order valence-corrected chi connectivity index (χ2v) is 5.85. The maximum Gasteiger partial charge on any atom is 0.317 e. The summed E-state index contributed by atoms with van der Waals surface area (Å²) in [7, 11) is 1.65. The number of carbonyl (C=O) groups is 1. The number of urea groups is 1. The van der Waals surface area contributed by atoms with E-state index in [4.69, 9.17) is 4.74 Å². The van der Waals surface area contributed by atoms with Crippen LogP contribution in [0.1, 0.15) is 5.56 Å². The highest BCUT2D eigenvalue weighted by molar-refractivity contribution is 5.74. The van der Waals surface area contributed by atoms with Crippen LogP contribution in [0.2, 0.25) is 0 Å². The first-order valence-corrected chi connectivity index (χ1v) is 8.44. The molecule has 0 unspecified atom stereocenters. The van der Waals surface area contributed by atoms with Crippen LogP contribution in [0.4, 0.5) is 10.7 Å². The quantitative estimate of drug-likeness (QED) is 0.894. The Bertz CT molecular complexity index is 670. The first-order chi connectivity index (χ1) is 12.3. The number of carbonyl (C=O) groups excluding carboxylic acids is 1. The summed E-state index contributed by atoms with van der Waals surface area (Å²) in [5.41, 5.74) is 1.17. The van der Waals surface area contributed by atoms with Gasteiger partial charge in [-0.05, 0) is 30.2 Å². The molecule has 1 N–H and O–H groups in total. The summed E-state index contributed by atoms with van der Waals surface area (Å²) in [5.74, 6) is 1.56. The number of nitrogens with one attached hydrogen (secondary N) is 1. The lowest BCUT2D eigenvalue weighted by atomic mass is 10.1. The molecule has 1 aromatic heterocycles. The third-order valence-electron chi connectivity index (χ3n) is 4.25. The Balaban J connectivity index is 1.40. The molecule has 2 aromatic rings. The van der Waals surface area contributed by atoms with Gasteiger partial charge in [0, 0.05) is 45.1 Å². The zero-order valence-electron chi connectivity index (χ0n) is 14.4. The average Bonchev–Trinajstić information content (AvgIpc) is 2.69. The molecular formula is C18H23N5O2. The third kappa shape index (κ3) is 4.59. The summed E-state index contributed by atoms with van der Waals surface area (Å²) in [6, 6.07) is 9.69. The summed E-state index contributed by atoms with van der Waals surface area (Å²) in [6.45, 7) is 3.46. The van der Waals surface area contributed by atoms with E-state index in [1.807, 2.05) is 29.2 Å². The molecule has 1 saturated heterocycles. The van der Waals surface area contributed by atoms with Gasteiger partial charge in [-0.25, -0.2) is 14.8 Å². The molecule has 1 fully saturated rings. The number of anilines is 1. The predicted octanol–water partition coefficient (Wildman–Crippen LogP) is 1.56. The van der Waals surface area contributed by atoms with Crippen LogP contribution in [0.3, 0.4) is 0 Å². The zero-order valence-corrected chi connectivity index (χ0v) is 14.4. The van der Waals surface area contributed by atoms with E-state index in [0.29, 0.717) is 19.6 Å². The third-order valence-corrected chi connectivity index (χ3v) is 4.25. The van der Waals surface area contributed by atoms with Gasteiger partial charge in [0.05, 0.1) is 7.11 Å². The van der Waals surface area contributed by atoms with Crippen molar-refractivity contribution in [3.8, 4) is 5.75 Å². The number of hydrogen-bond donors (Lipinski definition) is 1. The van der Waals surface area contributed by atoms with E-state index in [0.717, 1.165) is 31.2 Å². The number of amides is 2. The topological polar surface area (TPSA) is 70.6 Å². The fraction of sp³-hybridized carbons (Fsp3) is 0.389. The molecular weight excluding hydrogens is 318 g/mol. The Morgan fingerprint density at radius 3 is 2.44 bits per heavy atom. The van der Waals surface area contributed by atoms with Crippen molar-refractivity contribution < 1.29 is 9.53 Å². The minimum absolute atomic E-state index is 0.0119. The standard InChI is InChI=1S/C18H23N5O2/c1-25-16-5-3-15(4-6-16)7-10-21-18(24)23-13-11-22(12-14-23)17-19-8-2-9-20-17/h2-6,8-9H,7,10-14H2,1H3,(H,21,24). The van der Waals surface area contributed by atoms with Crippen molar-refractivity contribution in [3.05, 3.63) is 48.3 Å². The highest BCUT2D eigenvalue weighted by Gasteiger charge is 2.21. The van der Waals surface area contributed by atoms with E-state index in [9.17, 15) is 4.79 Å². The van der Waals surface area contributed by atoms with Crippen molar-refractivity contribution in [2.75, 3.05) is 44.7 Å². The van der Waals surface area contributed by atoms with Crippen LogP contribution in [0, 0.1) is 0 Å². The number of ether oxygens (including phenoxy) is 1. The second kappa shape index (κ2) is 8.32. The second-order valence-electron chi connectivity index (χ2n) is 5.85. The lowest BCUT2D eigenvalue weighted by molar-refractivity contribution is 0.194. The molecule has 25 heavy (non-hydrogen) atoms. The maximum atomic E-state index is 12.3. The predicted molar refractivity (Wildman–Crippen MR) is 95.9 cm³/mol. The van der Waals surface area contributed by atoms with Crippen LogP contribution in [-0.4, -0.2) is 60.7 Å². The number of aromatic nitrogens is 2. The summed E-state index contributed by atoms with van der Waals surface area (Å²) < 4.78 is 5.14. The van der Waals surface area contributed by atoms with E-state index >= 15 is 0 Å². The van der Waals surface area contributed by atoms with Crippen molar-refractivity contribution in [1.82, 2.24) is 20.2 Å². The van der Waals surface area contributed by atoms with E-state index in [1.54, 1.807) is 25.6 Å². The van der Waals surface area contributed by atoms with Gasteiger partial charge in [-0.2, -0.15) is 0 Å².